The summed E-state index contributed by atoms with van der Waals surface area (Å²) in [5.41, 5.74) is -0.0608. The van der Waals surface area contributed by atoms with Crippen molar-refractivity contribution in [2.45, 2.75) is 37.4 Å². The van der Waals surface area contributed by atoms with Gasteiger partial charge in [-0.2, -0.15) is 0 Å². The fourth-order valence-electron chi connectivity index (χ4n) is 4.00. The number of carboxylic acids is 1. The zero-order valence-electron chi connectivity index (χ0n) is 16.6. The van der Waals surface area contributed by atoms with Crippen molar-refractivity contribution in [3.05, 3.63) is 28.9 Å². The molecule has 1 amide bonds. The number of carbonyl (C=O) groups excluding carboxylic acids is 1. The van der Waals surface area contributed by atoms with Gasteiger partial charge in [-0.05, 0) is 38.4 Å². The normalized spacial score (nSPS) is 24.5. The molecule has 4 rings (SSSR count). The minimum absolute atomic E-state index is 0.0179. The first-order chi connectivity index (χ1) is 14.2. The van der Waals surface area contributed by atoms with Gasteiger partial charge in [0.1, 0.15) is 18.4 Å². The third-order valence-corrected chi connectivity index (χ3v) is 5.86. The lowest BCUT2D eigenvalue weighted by molar-refractivity contribution is -0.143. The largest absolute Gasteiger partial charge is 0.507 e. The van der Waals surface area contributed by atoms with Crippen molar-refractivity contribution >= 4 is 40.3 Å². The fraction of sp³-hybridized carbons (Fsp3) is 0.450. The van der Waals surface area contributed by atoms with Gasteiger partial charge in [0.05, 0.1) is 16.5 Å². The molecule has 3 unspecified atom stereocenters. The Morgan fingerprint density at radius 1 is 1.47 bits per heavy atom. The topological polar surface area (TPSA) is 125 Å². The molecule has 0 saturated carbocycles. The maximum atomic E-state index is 12.9. The van der Waals surface area contributed by atoms with Crippen LogP contribution in [0.5, 0.6) is 5.75 Å². The highest BCUT2D eigenvalue weighted by Gasteiger charge is 2.43. The van der Waals surface area contributed by atoms with E-state index in [4.69, 9.17) is 16.3 Å². The summed E-state index contributed by atoms with van der Waals surface area (Å²) in [6.45, 7) is 2.28. The molecule has 1 saturated heterocycles. The summed E-state index contributed by atoms with van der Waals surface area (Å²) in [4.78, 5) is 29.1. The highest BCUT2D eigenvalue weighted by molar-refractivity contribution is 6.31. The summed E-state index contributed by atoms with van der Waals surface area (Å²) in [6.07, 6.45) is 3.28. The van der Waals surface area contributed by atoms with Gasteiger partial charge in [0.25, 0.3) is 5.91 Å². The van der Waals surface area contributed by atoms with Crippen molar-refractivity contribution in [3.63, 3.8) is 0 Å². The second kappa shape index (κ2) is 7.48. The number of rotatable bonds is 5. The number of nitrogens with one attached hydrogen (secondary N) is 2. The number of ether oxygens (including phenoxy) is 1. The molecule has 30 heavy (non-hydrogen) atoms. The SMILES string of the molecule is Cn1cc(C2=NC(C)(C(=O)NC(C(=O)O)C3CCCN3)CO2)c2c(O)cc(Cl)cc21. The highest BCUT2D eigenvalue weighted by atomic mass is 35.5. The standard InChI is InChI=1S/C20H23ClN4O5/c1-20(19(29)23-16(18(27)28)12-4-3-5-22-12)9-30-17(24-20)11-8-25(2)13-6-10(21)7-14(26)15(11)13/h6-8,12,16,22,26H,3-5,9H2,1-2H3,(H,23,29)(H,27,28). The Bertz CT molecular complexity index is 1060. The zero-order valence-corrected chi connectivity index (χ0v) is 17.4. The number of carboxylic acid groups (broad SMARTS) is 1. The summed E-state index contributed by atoms with van der Waals surface area (Å²) < 4.78 is 7.50. The number of halogens is 1. The number of carbonyl (C=O) groups is 2. The van der Waals surface area contributed by atoms with E-state index in [0.29, 0.717) is 27.9 Å². The molecule has 2 aliphatic rings. The summed E-state index contributed by atoms with van der Waals surface area (Å²) >= 11 is 6.04. The summed E-state index contributed by atoms with van der Waals surface area (Å²) in [6, 6.07) is 1.79. The third kappa shape index (κ3) is 3.48. The summed E-state index contributed by atoms with van der Waals surface area (Å²) in [5.74, 6) is -1.42. The molecule has 3 atom stereocenters. The Morgan fingerprint density at radius 2 is 2.23 bits per heavy atom. The molecule has 2 aliphatic heterocycles. The van der Waals surface area contributed by atoms with Crippen LogP contribution >= 0.6 is 11.6 Å². The van der Waals surface area contributed by atoms with E-state index in [9.17, 15) is 19.8 Å². The minimum Gasteiger partial charge on any atom is -0.507 e. The minimum atomic E-state index is -1.29. The summed E-state index contributed by atoms with van der Waals surface area (Å²) in [5, 5.41) is 26.6. The van der Waals surface area contributed by atoms with Crippen molar-refractivity contribution in [1.29, 1.82) is 0 Å². The lowest BCUT2D eigenvalue weighted by Gasteiger charge is -2.25. The van der Waals surface area contributed by atoms with Crippen molar-refractivity contribution in [2.24, 2.45) is 12.0 Å². The number of fused-ring (bicyclic) bond motifs is 1. The number of hydrogen-bond donors (Lipinski definition) is 4. The molecule has 9 nitrogen and oxygen atoms in total. The van der Waals surface area contributed by atoms with Gasteiger partial charge in [-0.1, -0.05) is 11.6 Å². The predicted molar refractivity (Wildman–Crippen MR) is 111 cm³/mol. The van der Waals surface area contributed by atoms with Gasteiger partial charge in [0.15, 0.2) is 5.54 Å². The van der Waals surface area contributed by atoms with Gasteiger partial charge in [-0.15, -0.1) is 0 Å². The van der Waals surface area contributed by atoms with Crippen molar-refractivity contribution in [3.8, 4) is 5.75 Å². The first kappa shape index (κ1) is 20.5. The number of aromatic hydroxyl groups is 1. The predicted octanol–water partition coefficient (Wildman–Crippen LogP) is 1.39. The molecule has 3 heterocycles. The number of aliphatic carboxylic acids is 1. The van der Waals surface area contributed by atoms with Gasteiger partial charge < -0.3 is 30.2 Å². The van der Waals surface area contributed by atoms with E-state index in [1.165, 1.54) is 6.07 Å². The van der Waals surface area contributed by atoms with Gasteiger partial charge in [-0.3, -0.25) is 4.79 Å². The van der Waals surface area contributed by atoms with E-state index in [0.717, 1.165) is 13.0 Å². The maximum Gasteiger partial charge on any atom is 0.327 e. The van der Waals surface area contributed by atoms with Crippen LogP contribution in [0.2, 0.25) is 5.02 Å². The molecule has 0 spiro atoms. The second-order valence-electron chi connectivity index (χ2n) is 7.94. The molecular formula is C20H23ClN4O5. The monoisotopic (exact) mass is 434 g/mol. The van der Waals surface area contributed by atoms with Crippen LogP contribution in [0, 0.1) is 0 Å². The van der Waals surface area contributed by atoms with Crippen LogP contribution in [-0.4, -0.2) is 63.3 Å². The zero-order chi connectivity index (χ0) is 21.6. The number of aromatic nitrogens is 1. The Kier molecular flexibility index (Phi) is 5.11. The van der Waals surface area contributed by atoms with E-state index < -0.39 is 23.5 Å². The van der Waals surface area contributed by atoms with E-state index in [1.54, 1.807) is 30.8 Å². The lowest BCUT2D eigenvalue weighted by Crippen LogP contribution is -2.57. The van der Waals surface area contributed by atoms with Crippen LogP contribution < -0.4 is 10.6 Å². The van der Waals surface area contributed by atoms with Crippen LogP contribution in [0.1, 0.15) is 25.3 Å². The van der Waals surface area contributed by atoms with Gasteiger partial charge in [-0.25, -0.2) is 9.79 Å². The molecule has 1 aromatic carbocycles. The number of aryl methyl sites for hydroxylation is 1. The molecule has 2 aromatic rings. The van der Waals surface area contributed by atoms with Crippen LogP contribution in [0.3, 0.4) is 0 Å². The van der Waals surface area contributed by atoms with Gasteiger partial charge in [0.2, 0.25) is 5.90 Å². The number of phenols is 1. The number of hydrogen-bond acceptors (Lipinski definition) is 6. The first-order valence-electron chi connectivity index (χ1n) is 9.67. The molecule has 4 N–H and O–H groups in total. The molecular weight excluding hydrogens is 412 g/mol. The Balaban J connectivity index is 1.63. The number of aliphatic imine (C=N–C) groups is 1. The van der Waals surface area contributed by atoms with Crippen LogP contribution in [-0.2, 0) is 21.4 Å². The smallest absolute Gasteiger partial charge is 0.327 e. The molecule has 160 valence electrons. The Hall–Kier alpha value is -2.78. The number of phenolic OH excluding ortho intramolecular Hbond substituents is 1. The van der Waals surface area contributed by atoms with E-state index in [-0.39, 0.29) is 24.3 Å². The van der Waals surface area contributed by atoms with Crippen molar-refractivity contribution < 1.29 is 24.5 Å². The summed E-state index contributed by atoms with van der Waals surface area (Å²) in [7, 11) is 1.80. The Labute approximate surface area is 177 Å². The number of amides is 1. The molecule has 0 aliphatic carbocycles. The highest BCUT2D eigenvalue weighted by Crippen LogP contribution is 2.35. The van der Waals surface area contributed by atoms with Crippen LogP contribution in [0.4, 0.5) is 0 Å². The van der Waals surface area contributed by atoms with E-state index in [1.807, 2.05) is 0 Å². The molecule has 10 heteroatoms. The second-order valence-corrected chi connectivity index (χ2v) is 8.38. The number of nitrogens with zero attached hydrogens (tertiary/aromatic N) is 2. The Morgan fingerprint density at radius 3 is 2.90 bits per heavy atom. The molecule has 0 radical (unpaired) electrons. The van der Waals surface area contributed by atoms with Crippen LogP contribution in [0.15, 0.2) is 23.3 Å². The van der Waals surface area contributed by atoms with Gasteiger partial charge in [0, 0.05) is 24.3 Å². The molecule has 1 fully saturated rings. The molecule has 1 aromatic heterocycles. The van der Waals surface area contributed by atoms with E-state index in [2.05, 4.69) is 15.6 Å². The average Bonchev–Trinajstić information content (AvgIpc) is 3.40. The third-order valence-electron chi connectivity index (χ3n) is 5.64. The van der Waals surface area contributed by atoms with E-state index >= 15 is 0 Å². The average molecular weight is 435 g/mol. The van der Waals surface area contributed by atoms with Crippen LogP contribution in [0.25, 0.3) is 10.9 Å². The van der Waals surface area contributed by atoms with Crippen molar-refractivity contribution in [2.75, 3.05) is 13.2 Å². The molecule has 0 bridgehead atoms. The number of benzene rings is 1. The van der Waals surface area contributed by atoms with Gasteiger partial charge >= 0.3 is 5.97 Å². The fourth-order valence-corrected chi connectivity index (χ4v) is 4.21. The first-order valence-corrected chi connectivity index (χ1v) is 10.0. The van der Waals surface area contributed by atoms with Crippen molar-refractivity contribution in [1.82, 2.24) is 15.2 Å². The lowest BCUT2D eigenvalue weighted by atomic mass is 10.0. The maximum absolute atomic E-state index is 12.9. The quantitative estimate of drug-likeness (QED) is 0.563.